The van der Waals surface area contributed by atoms with E-state index in [2.05, 4.69) is 32.8 Å². The third-order valence-corrected chi connectivity index (χ3v) is 2.12. The zero-order valence-electron chi connectivity index (χ0n) is 7.59. The first kappa shape index (κ1) is 8.32. The number of hydrogen-bond acceptors (Lipinski definition) is 0. The van der Waals surface area contributed by atoms with Crippen LogP contribution >= 0.6 is 0 Å². The van der Waals surface area contributed by atoms with Gasteiger partial charge in [0, 0.05) is 5.57 Å². The average Bonchev–Trinajstić information content (AvgIpc) is 2.39. The monoisotopic (exact) mass is 150 g/mol. The van der Waals surface area contributed by atoms with E-state index in [0.717, 1.165) is 11.0 Å². The highest BCUT2D eigenvalue weighted by atomic mass is 15.3. The van der Waals surface area contributed by atoms with E-state index in [-0.39, 0.29) is 0 Å². The van der Waals surface area contributed by atoms with E-state index in [1.807, 2.05) is 12.2 Å². The van der Waals surface area contributed by atoms with Crippen LogP contribution in [-0.4, -0.2) is 31.7 Å². The largest absolute Gasteiger partial charge is 0.324 e. The van der Waals surface area contributed by atoms with Crippen LogP contribution in [-0.2, 0) is 0 Å². The summed E-state index contributed by atoms with van der Waals surface area (Å²) < 4.78 is 1.04. The lowest BCUT2D eigenvalue weighted by Crippen LogP contribution is -2.40. The molecule has 0 aromatic rings. The van der Waals surface area contributed by atoms with Gasteiger partial charge in [-0.15, -0.1) is 5.73 Å². The molecule has 0 N–H and O–H groups in total. The molecule has 60 valence electrons. The molecule has 0 saturated heterocycles. The lowest BCUT2D eigenvalue weighted by molar-refractivity contribution is -0.883. The predicted molar refractivity (Wildman–Crippen MR) is 48.3 cm³/mol. The topological polar surface area (TPSA) is 0 Å². The first-order valence-electron chi connectivity index (χ1n) is 4.08. The van der Waals surface area contributed by atoms with Gasteiger partial charge >= 0.3 is 0 Å². The zero-order valence-corrected chi connectivity index (χ0v) is 7.59. The average molecular weight is 150 g/mol. The van der Waals surface area contributed by atoms with Gasteiger partial charge in [-0.25, -0.2) is 0 Å². The molecule has 0 amide bonds. The number of nitrogens with zero attached hydrogens (tertiary/aromatic N) is 1. The highest BCUT2D eigenvalue weighted by Gasteiger charge is 2.13. The molecule has 1 heteroatoms. The fourth-order valence-electron chi connectivity index (χ4n) is 1.04. The first-order chi connectivity index (χ1) is 5.14. The van der Waals surface area contributed by atoms with Crippen molar-refractivity contribution in [2.45, 2.75) is 6.92 Å². The van der Waals surface area contributed by atoms with Crippen LogP contribution < -0.4 is 0 Å². The van der Waals surface area contributed by atoms with Gasteiger partial charge in [-0.05, 0) is 19.1 Å². The summed E-state index contributed by atoms with van der Waals surface area (Å²) in [6.45, 7) is 4.46. The summed E-state index contributed by atoms with van der Waals surface area (Å²) in [5, 5.41) is 0. The molecule has 0 heterocycles. The number of allylic oxidation sites excluding steroid dienone is 1. The van der Waals surface area contributed by atoms with Crippen LogP contribution in [0.15, 0.2) is 29.5 Å². The Balaban J connectivity index is 2.55. The normalized spacial score (nSPS) is 15.7. The van der Waals surface area contributed by atoms with Crippen LogP contribution in [0, 0.1) is 0 Å². The summed E-state index contributed by atoms with van der Waals surface area (Å²) in [6, 6.07) is 0. The Morgan fingerprint density at radius 3 is 2.64 bits per heavy atom. The zero-order chi connectivity index (χ0) is 8.32. The first-order valence-corrected chi connectivity index (χ1v) is 4.08. The van der Waals surface area contributed by atoms with Gasteiger partial charge in [0.15, 0.2) is 0 Å². The fraction of sp³-hybridized carbons (Fsp3) is 0.500. The standard InChI is InChI=1S/C10H16N/c1-4-11(2,3)9-10-7-5-6-8-10/h5-7H,4,9H2,1-3H3/q+1. The molecule has 11 heavy (non-hydrogen) atoms. The SMILES string of the molecule is CC[N+](C)(C)CC1=C=CC=C1. The van der Waals surface area contributed by atoms with Crippen LogP contribution in [0.4, 0.5) is 0 Å². The molecule has 1 nitrogen and oxygen atoms in total. The lowest BCUT2D eigenvalue weighted by Gasteiger charge is -2.27. The van der Waals surface area contributed by atoms with Crippen LogP contribution in [0.5, 0.6) is 0 Å². The van der Waals surface area contributed by atoms with Crippen molar-refractivity contribution in [2.75, 3.05) is 27.2 Å². The maximum Gasteiger partial charge on any atom is 0.111 e. The molecule has 1 aliphatic rings. The third kappa shape index (κ3) is 2.38. The molecule has 0 aliphatic heterocycles. The van der Waals surface area contributed by atoms with Gasteiger partial charge in [0.25, 0.3) is 0 Å². The van der Waals surface area contributed by atoms with Gasteiger partial charge < -0.3 is 4.48 Å². The highest BCUT2D eigenvalue weighted by molar-refractivity contribution is 5.29. The Morgan fingerprint density at radius 1 is 1.45 bits per heavy atom. The molecule has 1 aliphatic carbocycles. The van der Waals surface area contributed by atoms with Crippen molar-refractivity contribution < 1.29 is 4.48 Å². The Morgan fingerprint density at radius 2 is 2.18 bits per heavy atom. The van der Waals surface area contributed by atoms with Crippen LogP contribution in [0.3, 0.4) is 0 Å². The van der Waals surface area contributed by atoms with Crippen molar-refractivity contribution in [3.8, 4) is 0 Å². The van der Waals surface area contributed by atoms with Crippen molar-refractivity contribution in [1.82, 2.24) is 0 Å². The quantitative estimate of drug-likeness (QED) is 0.424. The molecular formula is C10H16N+. The van der Waals surface area contributed by atoms with Crippen LogP contribution in [0.2, 0.25) is 0 Å². The second-order valence-corrected chi connectivity index (χ2v) is 3.61. The van der Waals surface area contributed by atoms with Crippen molar-refractivity contribution in [2.24, 2.45) is 0 Å². The molecule has 1 rings (SSSR count). The fourth-order valence-corrected chi connectivity index (χ4v) is 1.04. The van der Waals surface area contributed by atoms with E-state index >= 15 is 0 Å². The van der Waals surface area contributed by atoms with Crippen LogP contribution in [0.1, 0.15) is 6.92 Å². The number of quaternary nitrogens is 1. The van der Waals surface area contributed by atoms with Crippen molar-refractivity contribution in [3.63, 3.8) is 0 Å². The molecule has 0 atom stereocenters. The summed E-state index contributed by atoms with van der Waals surface area (Å²) in [5.74, 6) is 0. The van der Waals surface area contributed by atoms with Crippen molar-refractivity contribution >= 4 is 0 Å². The summed E-state index contributed by atoms with van der Waals surface area (Å²) >= 11 is 0. The van der Waals surface area contributed by atoms with Crippen LogP contribution in [0.25, 0.3) is 0 Å². The van der Waals surface area contributed by atoms with Gasteiger partial charge in [0.05, 0.1) is 20.6 Å². The maximum absolute atomic E-state index is 3.21. The summed E-state index contributed by atoms with van der Waals surface area (Å²) in [5.41, 5.74) is 4.53. The Hall–Kier alpha value is -0.780. The summed E-state index contributed by atoms with van der Waals surface area (Å²) in [4.78, 5) is 0. The molecule has 0 aromatic heterocycles. The third-order valence-electron chi connectivity index (χ3n) is 2.12. The van der Waals surface area contributed by atoms with Gasteiger partial charge in [-0.2, -0.15) is 0 Å². The smallest absolute Gasteiger partial charge is 0.111 e. The van der Waals surface area contributed by atoms with E-state index in [0.29, 0.717) is 0 Å². The van der Waals surface area contributed by atoms with Crippen molar-refractivity contribution in [1.29, 1.82) is 0 Å². The van der Waals surface area contributed by atoms with Gasteiger partial charge in [0.2, 0.25) is 0 Å². The highest BCUT2D eigenvalue weighted by Crippen LogP contribution is 2.07. The Kier molecular flexibility index (Phi) is 2.33. The number of rotatable bonds is 3. The van der Waals surface area contributed by atoms with Gasteiger partial charge in [-0.3, -0.25) is 0 Å². The second-order valence-electron chi connectivity index (χ2n) is 3.61. The Bertz CT molecular complexity index is 227. The lowest BCUT2D eigenvalue weighted by atomic mass is 10.2. The summed E-state index contributed by atoms with van der Waals surface area (Å²) in [7, 11) is 4.47. The van der Waals surface area contributed by atoms with Gasteiger partial charge in [-0.1, -0.05) is 6.08 Å². The van der Waals surface area contributed by atoms with E-state index in [1.54, 1.807) is 0 Å². The van der Waals surface area contributed by atoms with Crippen molar-refractivity contribution in [3.05, 3.63) is 29.5 Å². The van der Waals surface area contributed by atoms with E-state index in [1.165, 1.54) is 12.1 Å². The molecule has 0 fully saturated rings. The molecule has 0 saturated carbocycles. The van der Waals surface area contributed by atoms with E-state index in [9.17, 15) is 0 Å². The molecule has 0 bridgehead atoms. The number of hydrogen-bond donors (Lipinski definition) is 0. The maximum atomic E-state index is 3.21. The minimum atomic E-state index is 1.04. The second kappa shape index (κ2) is 3.08. The van der Waals surface area contributed by atoms with E-state index < -0.39 is 0 Å². The molecule has 0 radical (unpaired) electrons. The minimum absolute atomic E-state index is 1.04. The molecule has 0 spiro atoms. The minimum Gasteiger partial charge on any atom is -0.324 e. The predicted octanol–water partition coefficient (Wildman–Crippen LogP) is 1.73. The molecule has 0 aromatic carbocycles. The molecule has 0 unspecified atom stereocenters. The number of likely N-dealkylation sites (N-methyl/N-ethyl adjacent to an activating group) is 1. The van der Waals surface area contributed by atoms with E-state index in [4.69, 9.17) is 0 Å². The Labute approximate surface area is 68.9 Å². The molecular weight excluding hydrogens is 134 g/mol. The summed E-state index contributed by atoms with van der Waals surface area (Å²) in [6.07, 6.45) is 6.16. The van der Waals surface area contributed by atoms with Gasteiger partial charge in [0.1, 0.15) is 6.54 Å².